The van der Waals surface area contributed by atoms with Crippen LogP contribution in [-0.4, -0.2) is 34.6 Å². The third-order valence-corrected chi connectivity index (χ3v) is 1.23. The highest BCUT2D eigenvalue weighted by Crippen LogP contribution is 1.81. The Labute approximate surface area is 95.1 Å². The standard InChI is InChI=1S/C13H12O3/c14-11-9-7-5-3-1-2-4-6-8-10-13(16)12-15/h7-10,13-16H,11-12H2/b9-7+,10-8+. The van der Waals surface area contributed by atoms with Crippen molar-refractivity contribution in [2.45, 2.75) is 6.10 Å². The van der Waals surface area contributed by atoms with Crippen LogP contribution in [0.3, 0.4) is 0 Å². The Kier molecular flexibility index (Phi) is 9.75. The molecule has 0 saturated carbocycles. The highest BCUT2D eigenvalue weighted by atomic mass is 16.3. The van der Waals surface area contributed by atoms with E-state index in [0.29, 0.717) is 0 Å². The summed E-state index contributed by atoms with van der Waals surface area (Å²) in [6.45, 7) is -0.369. The fourth-order valence-electron chi connectivity index (χ4n) is 0.550. The van der Waals surface area contributed by atoms with Crippen LogP contribution in [0, 0.1) is 35.5 Å². The van der Waals surface area contributed by atoms with Gasteiger partial charge in [-0.3, -0.25) is 0 Å². The number of hydrogen-bond acceptors (Lipinski definition) is 3. The van der Waals surface area contributed by atoms with Crippen LogP contribution in [0.1, 0.15) is 0 Å². The molecule has 0 rings (SSSR count). The Morgan fingerprint density at radius 2 is 1.56 bits per heavy atom. The van der Waals surface area contributed by atoms with E-state index in [1.807, 2.05) is 0 Å². The Balaban J connectivity index is 4.00. The Morgan fingerprint density at radius 3 is 2.12 bits per heavy atom. The molecule has 0 amide bonds. The first-order valence-electron chi connectivity index (χ1n) is 4.53. The summed E-state index contributed by atoms with van der Waals surface area (Å²) >= 11 is 0. The van der Waals surface area contributed by atoms with Gasteiger partial charge in [-0.2, -0.15) is 0 Å². The average Bonchev–Trinajstić information content (AvgIpc) is 2.31. The molecule has 0 aromatic heterocycles. The number of aliphatic hydroxyl groups excluding tert-OH is 3. The zero-order valence-corrected chi connectivity index (χ0v) is 8.64. The summed E-state index contributed by atoms with van der Waals surface area (Å²) in [6.07, 6.45) is 4.89. The Hall–Kier alpha value is -1.96. The summed E-state index contributed by atoms with van der Waals surface area (Å²) in [5.41, 5.74) is 0. The molecule has 3 N–H and O–H groups in total. The summed E-state index contributed by atoms with van der Waals surface area (Å²) < 4.78 is 0. The lowest BCUT2D eigenvalue weighted by Gasteiger charge is -1.94. The smallest absolute Gasteiger partial charge is 0.0960 e. The fourth-order valence-corrected chi connectivity index (χ4v) is 0.550. The molecular formula is C13H12O3. The first-order valence-corrected chi connectivity index (χ1v) is 4.53. The Bertz CT molecular complexity index is 413. The van der Waals surface area contributed by atoms with Crippen molar-refractivity contribution in [3.63, 3.8) is 0 Å². The van der Waals surface area contributed by atoms with Gasteiger partial charge in [-0.15, -0.1) is 0 Å². The van der Waals surface area contributed by atoms with Gasteiger partial charge in [-0.05, 0) is 41.9 Å². The number of hydrogen-bond donors (Lipinski definition) is 3. The lowest BCUT2D eigenvalue weighted by atomic mass is 10.3. The van der Waals surface area contributed by atoms with Gasteiger partial charge >= 0.3 is 0 Å². The molecule has 16 heavy (non-hydrogen) atoms. The zero-order chi connectivity index (χ0) is 12.1. The summed E-state index contributed by atoms with van der Waals surface area (Å²) in [5.74, 6) is 15.1. The van der Waals surface area contributed by atoms with Gasteiger partial charge in [0, 0.05) is 0 Å². The van der Waals surface area contributed by atoms with Crippen molar-refractivity contribution in [3.8, 4) is 35.5 Å². The lowest BCUT2D eigenvalue weighted by Crippen LogP contribution is -2.06. The van der Waals surface area contributed by atoms with Gasteiger partial charge in [-0.25, -0.2) is 0 Å². The van der Waals surface area contributed by atoms with E-state index in [1.165, 1.54) is 24.3 Å². The quantitative estimate of drug-likeness (QED) is 0.555. The SMILES string of the molecule is OC/C=C/C#CC#CC#C/C=C/C(O)CO. The van der Waals surface area contributed by atoms with Crippen LogP contribution >= 0.6 is 0 Å². The van der Waals surface area contributed by atoms with Crippen LogP contribution in [0.2, 0.25) is 0 Å². The summed E-state index contributed by atoms with van der Waals surface area (Å²) in [6, 6.07) is 0. The number of allylic oxidation sites excluding steroid dienone is 2. The molecule has 1 unspecified atom stereocenters. The molecule has 0 bridgehead atoms. The number of aliphatic hydroxyl groups is 3. The van der Waals surface area contributed by atoms with Gasteiger partial charge in [-0.1, -0.05) is 17.9 Å². The van der Waals surface area contributed by atoms with Gasteiger partial charge in [0.15, 0.2) is 0 Å². The largest absolute Gasteiger partial charge is 0.393 e. The normalized spacial score (nSPS) is 10.9. The molecule has 0 aliphatic rings. The summed E-state index contributed by atoms with van der Waals surface area (Å²) in [5, 5.41) is 25.7. The van der Waals surface area contributed by atoms with Crippen molar-refractivity contribution in [2.75, 3.05) is 13.2 Å². The predicted octanol–water partition coefficient (Wildman–Crippen LogP) is -0.546. The van der Waals surface area contributed by atoms with Crippen LogP contribution in [0.4, 0.5) is 0 Å². The second kappa shape index (κ2) is 11.1. The number of rotatable bonds is 3. The molecule has 1 atom stereocenters. The second-order valence-corrected chi connectivity index (χ2v) is 2.48. The van der Waals surface area contributed by atoms with Crippen LogP contribution < -0.4 is 0 Å². The van der Waals surface area contributed by atoms with Gasteiger partial charge in [0.2, 0.25) is 0 Å². The van der Waals surface area contributed by atoms with Crippen LogP contribution in [0.5, 0.6) is 0 Å². The molecule has 0 aromatic rings. The predicted molar refractivity (Wildman–Crippen MR) is 61.8 cm³/mol. The van der Waals surface area contributed by atoms with Gasteiger partial charge in [0.05, 0.1) is 19.3 Å². The van der Waals surface area contributed by atoms with E-state index in [0.717, 1.165) is 0 Å². The maximum absolute atomic E-state index is 8.89. The topological polar surface area (TPSA) is 60.7 Å². The van der Waals surface area contributed by atoms with E-state index >= 15 is 0 Å². The molecule has 3 heteroatoms. The average molecular weight is 216 g/mol. The van der Waals surface area contributed by atoms with E-state index in [2.05, 4.69) is 35.5 Å². The summed E-state index contributed by atoms with van der Waals surface area (Å²) in [7, 11) is 0. The zero-order valence-electron chi connectivity index (χ0n) is 8.64. The molecular weight excluding hydrogens is 204 g/mol. The third kappa shape index (κ3) is 10.1. The molecule has 0 heterocycles. The van der Waals surface area contributed by atoms with Crippen molar-refractivity contribution in [1.82, 2.24) is 0 Å². The molecule has 0 aliphatic heterocycles. The van der Waals surface area contributed by atoms with Crippen LogP contribution in [0.15, 0.2) is 24.3 Å². The van der Waals surface area contributed by atoms with Gasteiger partial charge < -0.3 is 15.3 Å². The molecule has 0 aromatic carbocycles. The van der Waals surface area contributed by atoms with Gasteiger partial charge in [0.1, 0.15) is 0 Å². The van der Waals surface area contributed by atoms with Crippen LogP contribution in [0.25, 0.3) is 0 Å². The van der Waals surface area contributed by atoms with Crippen molar-refractivity contribution in [1.29, 1.82) is 0 Å². The molecule has 0 saturated heterocycles. The van der Waals surface area contributed by atoms with Crippen molar-refractivity contribution < 1.29 is 15.3 Å². The van der Waals surface area contributed by atoms with E-state index in [-0.39, 0.29) is 13.2 Å². The van der Waals surface area contributed by atoms with E-state index in [9.17, 15) is 0 Å². The van der Waals surface area contributed by atoms with Crippen molar-refractivity contribution >= 4 is 0 Å². The maximum atomic E-state index is 8.89. The minimum Gasteiger partial charge on any atom is -0.393 e. The first-order chi connectivity index (χ1) is 7.81. The van der Waals surface area contributed by atoms with Crippen molar-refractivity contribution in [3.05, 3.63) is 24.3 Å². The third-order valence-electron chi connectivity index (χ3n) is 1.23. The maximum Gasteiger partial charge on any atom is 0.0960 e. The molecule has 82 valence electrons. The van der Waals surface area contributed by atoms with Gasteiger partial charge in [0.25, 0.3) is 0 Å². The molecule has 0 spiro atoms. The fraction of sp³-hybridized carbons (Fsp3) is 0.231. The molecule has 3 nitrogen and oxygen atoms in total. The van der Waals surface area contributed by atoms with E-state index < -0.39 is 6.10 Å². The van der Waals surface area contributed by atoms with Crippen molar-refractivity contribution in [2.24, 2.45) is 0 Å². The van der Waals surface area contributed by atoms with E-state index in [4.69, 9.17) is 15.3 Å². The minimum atomic E-state index is -0.884. The monoisotopic (exact) mass is 216 g/mol. The molecule has 0 aliphatic carbocycles. The van der Waals surface area contributed by atoms with E-state index in [1.54, 1.807) is 0 Å². The first kappa shape index (κ1) is 14.0. The molecule has 0 fully saturated rings. The van der Waals surface area contributed by atoms with Crippen LogP contribution in [-0.2, 0) is 0 Å². The molecule has 0 radical (unpaired) electrons. The highest BCUT2D eigenvalue weighted by Gasteiger charge is 1.90. The lowest BCUT2D eigenvalue weighted by molar-refractivity contribution is 0.131. The second-order valence-electron chi connectivity index (χ2n) is 2.48. The minimum absolute atomic E-state index is 0.0418. The summed E-state index contributed by atoms with van der Waals surface area (Å²) in [4.78, 5) is 0. The Morgan fingerprint density at radius 1 is 0.938 bits per heavy atom. The highest BCUT2D eigenvalue weighted by molar-refractivity contribution is 5.39.